The summed E-state index contributed by atoms with van der Waals surface area (Å²) >= 11 is 3.19. The van der Waals surface area contributed by atoms with Crippen LogP contribution in [0.15, 0.2) is 92.6 Å². The van der Waals surface area contributed by atoms with Crippen LogP contribution >= 0.6 is 15.9 Å². The minimum Gasteiger partial charge on any atom is -0.407 e. The minimum atomic E-state index is -2.75. The second kappa shape index (κ2) is 10.0. The summed E-state index contributed by atoms with van der Waals surface area (Å²) in [4.78, 5) is 38.5. The van der Waals surface area contributed by atoms with Gasteiger partial charge in [-0.2, -0.15) is 0 Å². The maximum atomic E-state index is 12.4. The Kier molecular flexibility index (Phi) is 7.26. The summed E-state index contributed by atoms with van der Waals surface area (Å²) in [7, 11) is -2.75. The fourth-order valence-electron chi connectivity index (χ4n) is 5.04. The quantitative estimate of drug-likeness (QED) is 0.359. The summed E-state index contributed by atoms with van der Waals surface area (Å²) in [6.07, 6.45) is 4.67. The van der Waals surface area contributed by atoms with E-state index in [9.17, 15) is 14.4 Å². The molecule has 0 saturated heterocycles. The number of benzene rings is 2. The molecule has 0 radical (unpaired) electrons. The molecule has 0 bridgehead atoms. The van der Waals surface area contributed by atoms with Gasteiger partial charge in [0.25, 0.3) is 13.9 Å². The third-order valence-electron chi connectivity index (χ3n) is 6.72. The van der Waals surface area contributed by atoms with Gasteiger partial charge >= 0.3 is 5.69 Å². The molecule has 1 aromatic heterocycles. The molecular formula is C27H29BrN2O4Si. The Balaban J connectivity index is 1.70. The number of nitrogens with zero attached hydrogens (tertiary/aromatic N) is 1. The van der Waals surface area contributed by atoms with Crippen molar-refractivity contribution < 1.29 is 9.22 Å². The van der Waals surface area contributed by atoms with Crippen LogP contribution in [-0.2, 0) is 9.22 Å². The van der Waals surface area contributed by atoms with Crippen LogP contribution < -0.4 is 21.6 Å². The lowest BCUT2D eigenvalue weighted by Crippen LogP contribution is -2.66. The molecule has 0 saturated carbocycles. The normalized spacial score (nSPS) is 18.3. The number of nitrogens with one attached hydrogen (secondary N) is 1. The van der Waals surface area contributed by atoms with Gasteiger partial charge in [-0.25, -0.2) is 4.79 Å². The van der Waals surface area contributed by atoms with E-state index in [4.69, 9.17) is 4.43 Å². The highest BCUT2D eigenvalue weighted by molar-refractivity contribution is 9.10. The van der Waals surface area contributed by atoms with Crippen LogP contribution in [-0.4, -0.2) is 30.8 Å². The highest BCUT2D eigenvalue weighted by Gasteiger charge is 2.50. The van der Waals surface area contributed by atoms with E-state index in [-0.39, 0.29) is 21.5 Å². The molecule has 2 atom stereocenters. The Labute approximate surface area is 213 Å². The molecule has 0 fully saturated rings. The van der Waals surface area contributed by atoms with Crippen LogP contribution in [0.25, 0.3) is 0 Å². The molecule has 182 valence electrons. The van der Waals surface area contributed by atoms with Crippen LogP contribution in [0.3, 0.4) is 0 Å². The second-order valence-corrected chi connectivity index (χ2v) is 15.1. The Bertz CT molecular complexity index is 1300. The van der Waals surface area contributed by atoms with E-state index in [0.29, 0.717) is 18.6 Å². The fraction of sp³-hybridized carbons (Fsp3) is 0.296. The lowest BCUT2D eigenvalue weighted by Gasteiger charge is -2.43. The molecule has 2 unspecified atom stereocenters. The van der Waals surface area contributed by atoms with Gasteiger partial charge in [-0.1, -0.05) is 87.5 Å². The zero-order valence-corrected chi connectivity index (χ0v) is 22.6. The van der Waals surface area contributed by atoms with Crippen LogP contribution in [0.5, 0.6) is 0 Å². The van der Waals surface area contributed by atoms with Gasteiger partial charge in [-0.3, -0.25) is 19.1 Å². The monoisotopic (exact) mass is 552 g/mol. The smallest absolute Gasteiger partial charge is 0.328 e. The van der Waals surface area contributed by atoms with Crippen molar-refractivity contribution in [3.63, 3.8) is 0 Å². The Morgan fingerprint density at radius 1 is 1.06 bits per heavy atom. The summed E-state index contributed by atoms with van der Waals surface area (Å²) in [6, 6.07) is 20.4. The van der Waals surface area contributed by atoms with Crippen LogP contribution in [0, 0.1) is 5.92 Å². The summed E-state index contributed by atoms with van der Waals surface area (Å²) in [5.74, 6) is -0.170. The van der Waals surface area contributed by atoms with E-state index in [0.717, 1.165) is 6.29 Å². The number of aromatic nitrogens is 2. The summed E-state index contributed by atoms with van der Waals surface area (Å²) in [5.41, 5.74) is -0.365. The molecule has 0 aliphatic heterocycles. The third kappa shape index (κ3) is 4.83. The average molecular weight is 554 g/mol. The first-order valence-electron chi connectivity index (χ1n) is 11.6. The van der Waals surface area contributed by atoms with E-state index < -0.39 is 19.6 Å². The SMILES string of the molecule is CC(C)(C)[Si](OCC1CC(n2cc(Br)c(=O)[nH]c2=O)C=C1C=O)(c1ccccc1)c1ccccc1. The van der Waals surface area contributed by atoms with Gasteiger partial charge in [-0.05, 0) is 43.3 Å². The maximum Gasteiger partial charge on any atom is 0.328 e. The third-order valence-corrected chi connectivity index (χ3v) is 12.3. The van der Waals surface area contributed by atoms with Crippen molar-refractivity contribution in [2.45, 2.75) is 38.3 Å². The predicted octanol–water partition coefficient (Wildman–Crippen LogP) is 3.56. The molecule has 0 spiro atoms. The first-order chi connectivity index (χ1) is 16.7. The van der Waals surface area contributed by atoms with E-state index in [2.05, 4.69) is 66.0 Å². The van der Waals surface area contributed by atoms with Crippen molar-refractivity contribution in [1.82, 2.24) is 9.55 Å². The van der Waals surface area contributed by atoms with E-state index in [1.807, 2.05) is 36.4 Å². The Morgan fingerprint density at radius 3 is 2.14 bits per heavy atom. The minimum absolute atomic E-state index is 0.170. The molecule has 0 amide bonds. The summed E-state index contributed by atoms with van der Waals surface area (Å²) in [5, 5.41) is 2.16. The number of carbonyl (C=O) groups is 1. The van der Waals surface area contributed by atoms with Gasteiger partial charge < -0.3 is 4.43 Å². The zero-order chi connectivity index (χ0) is 25.2. The van der Waals surface area contributed by atoms with E-state index >= 15 is 0 Å². The van der Waals surface area contributed by atoms with Gasteiger partial charge in [0, 0.05) is 18.7 Å². The number of aldehydes is 1. The number of halogens is 1. The summed E-state index contributed by atoms with van der Waals surface area (Å²) in [6.45, 7) is 6.99. The van der Waals surface area contributed by atoms with Crippen molar-refractivity contribution in [2.24, 2.45) is 5.92 Å². The molecule has 3 aromatic rings. The zero-order valence-electron chi connectivity index (χ0n) is 20.0. The molecular weight excluding hydrogens is 524 g/mol. The molecule has 1 aliphatic carbocycles. The molecule has 1 aliphatic rings. The fourth-order valence-corrected chi connectivity index (χ4v) is 9.97. The average Bonchev–Trinajstić information content (AvgIpc) is 3.25. The van der Waals surface area contributed by atoms with Gasteiger partial charge in [0.1, 0.15) is 6.29 Å². The number of aromatic amines is 1. The van der Waals surface area contributed by atoms with Crippen LogP contribution in [0.4, 0.5) is 0 Å². The van der Waals surface area contributed by atoms with Crippen LogP contribution in [0.2, 0.25) is 5.04 Å². The first-order valence-corrected chi connectivity index (χ1v) is 14.3. The molecule has 4 rings (SSSR count). The van der Waals surface area contributed by atoms with Gasteiger partial charge in [-0.15, -0.1) is 0 Å². The lowest BCUT2D eigenvalue weighted by molar-refractivity contribution is -0.105. The van der Waals surface area contributed by atoms with Crippen molar-refractivity contribution in [2.75, 3.05) is 6.61 Å². The van der Waals surface area contributed by atoms with E-state index in [1.54, 1.807) is 6.08 Å². The predicted molar refractivity (Wildman–Crippen MR) is 144 cm³/mol. The first kappa shape index (κ1) is 25.3. The van der Waals surface area contributed by atoms with Crippen LogP contribution in [0.1, 0.15) is 33.2 Å². The topological polar surface area (TPSA) is 81.2 Å². The van der Waals surface area contributed by atoms with Crippen molar-refractivity contribution in [1.29, 1.82) is 0 Å². The number of hydrogen-bond donors (Lipinski definition) is 1. The molecule has 1 heterocycles. The van der Waals surface area contributed by atoms with Gasteiger partial charge in [0.05, 0.1) is 10.5 Å². The standard InChI is InChI=1S/C27H29BrN2O4Si/c1-27(2,3)35(22-10-6-4-7-11-22,23-12-8-5-9-13-23)34-18-20-15-21(14-19(20)17-31)30-16-24(28)25(32)29-26(30)33/h4-14,16-17,20-21H,15,18H2,1-3H3,(H,29,32,33). The van der Waals surface area contributed by atoms with Crippen molar-refractivity contribution in [3.8, 4) is 0 Å². The largest absolute Gasteiger partial charge is 0.407 e. The number of allylic oxidation sites excluding steroid dienone is 1. The molecule has 1 N–H and O–H groups in total. The van der Waals surface area contributed by atoms with Gasteiger partial charge in [0.2, 0.25) is 0 Å². The maximum absolute atomic E-state index is 12.4. The Morgan fingerprint density at radius 2 is 1.63 bits per heavy atom. The number of H-pyrrole nitrogens is 1. The summed E-state index contributed by atoms with van der Waals surface area (Å²) < 4.78 is 8.75. The van der Waals surface area contributed by atoms with E-state index in [1.165, 1.54) is 21.1 Å². The number of hydrogen-bond acceptors (Lipinski definition) is 4. The van der Waals surface area contributed by atoms with Crippen molar-refractivity contribution in [3.05, 3.63) is 104 Å². The van der Waals surface area contributed by atoms with Crippen molar-refractivity contribution >= 4 is 40.9 Å². The Hall–Kier alpha value is -2.81. The highest BCUT2D eigenvalue weighted by atomic mass is 79.9. The molecule has 35 heavy (non-hydrogen) atoms. The number of carbonyl (C=O) groups excluding carboxylic acids is 1. The molecule has 6 nitrogen and oxygen atoms in total. The lowest BCUT2D eigenvalue weighted by atomic mass is 10.0. The van der Waals surface area contributed by atoms with Gasteiger partial charge in [0.15, 0.2) is 0 Å². The second-order valence-electron chi connectivity index (χ2n) is 9.90. The number of rotatable bonds is 7. The molecule has 2 aromatic carbocycles. The highest BCUT2D eigenvalue weighted by Crippen LogP contribution is 2.39. The molecule has 8 heteroatoms.